The molecule has 0 amide bonds. The van der Waals surface area contributed by atoms with Crippen LogP contribution in [0.4, 0.5) is 0 Å². The lowest BCUT2D eigenvalue weighted by molar-refractivity contribution is 0.535. The van der Waals surface area contributed by atoms with Crippen LogP contribution in [0.2, 0.25) is 0 Å². The maximum Gasteiger partial charge on any atom is 0.127 e. The topological polar surface area (TPSA) is 38.1 Å². The Morgan fingerprint density at radius 3 is 2.95 bits per heavy atom. The fourth-order valence-electron chi connectivity index (χ4n) is 2.27. The molecule has 3 nitrogen and oxygen atoms in total. The van der Waals surface area contributed by atoms with Crippen molar-refractivity contribution in [1.29, 1.82) is 0 Å². The van der Waals surface area contributed by atoms with Crippen molar-refractivity contribution in [1.82, 2.24) is 10.3 Å². The minimum Gasteiger partial charge on any atom is -0.469 e. The monoisotopic (exact) mass is 276 g/mol. The van der Waals surface area contributed by atoms with E-state index >= 15 is 0 Å². The third-order valence-electron chi connectivity index (χ3n) is 3.49. The largest absolute Gasteiger partial charge is 0.469 e. The van der Waals surface area contributed by atoms with Gasteiger partial charge in [0.15, 0.2) is 0 Å². The highest BCUT2D eigenvalue weighted by Gasteiger charge is 2.30. The first-order valence-electron chi connectivity index (χ1n) is 7.04. The summed E-state index contributed by atoms with van der Waals surface area (Å²) in [6.07, 6.45) is 5.52. The SMILES string of the molecule is CCCNCc1sc(-c2ccoc2C)nc1C1CC1. The second kappa shape index (κ2) is 5.47. The molecule has 1 N–H and O–H groups in total. The molecule has 1 fully saturated rings. The molecule has 0 saturated heterocycles. The maximum absolute atomic E-state index is 5.39. The molecule has 0 aliphatic heterocycles. The first-order chi connectivity index (χ1) is 9.29. The van der Waals surface area contributed by atoms with Gasteiger partial charge >= 0.3 is 0 Å². The van der Waals surface area contributed by atoms with Gasteiger partial charge in [-0.3, -0.25) is 0 Å². The summed E-state index contributed by atoms with van der Waals surface area (Å²) in [7, 11) is 0. The predicted molar refractivity (Wildman–Crippen MR) is 78.5 cm³/mol. The third-order valence-corrected chi connectivity index (χ3v) is 4.60. The van der Waals surface area contributed by atoms with E-state index in [-0.39, 0.29) is 0 Å². The highest BCUT2D eigenvalue weighted by atomic mass is 32.1. The summed E-state index contributed by atoms with van der Waals surface area (Å²) >= 11 is 1.82. The van der Waals surface area contributed by atoms with Crippen LogP contribution in [0.25, 0.3) is 10.6 Å². The Kier molecular flexibility index (Phi) is 3.71. The van der Waals surface area contributed by atoms with E-state index in [1.165, 1.54) is 29.8 Å². The van der Waals surface area contributed by atoms with Crippen LogP contribution < -0.4 is 5.32 Å². The highest BCUT2D eigenvalue weighted by molar-refractivity contribution is 7.15. The van der Waals surface area contributed by atoms with Crippen LogP contribution >= 0.6 is 11.3 Å². The molecule has 0 atom stereocenters. The zero-order valence-corrected chi connectivity index (χ0v) is 12.3. The number of hydrogen-bond acceptors (Lipinski definition) is 4. The Bertz CT molecular complexity index is 554. The average Bonchev–Trinajstić information content (AvgIpc) is 3.03. The van der Waals surface area contributed by atoms with E-state index in [2.05, 4.69) is 12.2 Å². The Labute approximate surface area is 118 Å². The Hall–Kier alpha value is -1.13. The normalized spacial score (nSPS) is 15.1. The van der Waals surface area contributed by atoms with Crippen molar-refractivity contribution < 1.29 is 4.42 Å². The van der Waals surface area contributed by atoms with Gasteiger partial charge in [0.05, 0.1) is 17.5 Å². The van der Waals surface area contributed by atoms with Crippen molar-refractivity contribution in [3.8, 4) is 10.6 Å². The summed E-state index contributed by atoms with van der Waals surface area (Å²) in [6, 6.07) is 2.02. The molecule has 0 radical (unpaired) electrons. The van der Waals surface area contributed by atoms with Gasteiger partial charge in [0.2, 0.25) is 0 Å². The van der Waals surface area contributed by atoms with Crippen LogP contribution in [0.3, 0.4) is 0 Å². The molecule has 1 aliphatic carbocycles. The van der Waals surface area contributed by atoms with Gasteiger partial charge in [0.1, 0.15) is 10.8 Å². The van der Waals surface area contributed by atoms with Gasteiger partial charge in [-0.1, -0.05) is 6.92 Å². The summed E-state index contributed by atoms with van der Waals surface area (Å²) in [5.41, 5.74) is 2.47. The number of rotatable bonds is 6. The lowest BCUT2D eigenvalue weighted by Gasteiger charge is -2.01. The predicted octanol–water partition coefficient (Wildman–Crippen LogP) is 4.09. The molecule has 2 heterocycles. The van der Waals surface area contributed by atoms with Crippen molar-refractivity contribution in [2.24, 2.45) is 0 Å². The van der Waals surface area contributed by atoms with Crippen LogP contribution in [0.15, 0.2) is 16.7 Å². The van der Waals surface area contributed by atoms with Gasteiger partial charge < -0.3 is 9.73 Å². The van der Waals surface area contributed by atoms with Crippen molar-refractivity contribution in [2.75, 3.05) is 6.54 Å². The van der Waals surface area contributed by atoms with Gasteiger partial charge in [-0.25, -0.2) is 4.98 Å². The van der Waals surface area contributed by atoms with Crippen LogP contribution in [0, 0.1) is 6.92 Å². The molecular weight excluding hydrogens is 256 g/mol. The second-order valence-corrected chi connectivity index (χ2v) is 6.25. The number of nitrogens with one attached hydrogen (secondary N) is 1. The summed E-state index contributed by atoms with van der Waals surface area (Å²) in [4.78, 5) is 6.28. The van der Waals surface area contributed by atoms with Gasteiger partial charge in [-0.15, -0.1) is 11.3 Å². The summed E-state index contributed by atoms with van der Waals surface area (Å²) < 4.78 is 5.39. The quantitative estimate of drug-likeness (QED) is 0.808. The lowest BCUT2D eigenvalue weighted by atomic mass is 10.2. The van der Waals surface area contributed by atoms with Crippen LogP contribution in [-0.4, -0.2) is 11.5 Å². The van der Waals surface area contributed by atoms with Gasteiger partial charge in [0, 0.05) is 17.3 Å². The molecule has 2 aromatic heterocycles. The minimum absolute atomic E-state index is 0.704. The van der Waals surface area contributed by atoms with Crippen molar-refractivity contribution in [2.45, 2.75) is 45.6 Å². The van der Waals surface area contributed by atoms with E-state index in [1.807, 2.05) is 24.3 Å². The summed E-state index contributed by atoms with van der Waals surface area (Å²) in [6.45, 7) is 6.22. The number of thiazole rings is 1. The Morgan fingerprint density at radius 1 is 1.47 bits per heavy atom. The van der Waals surface area contributed by atoms with E-state index in [0.29, 0.717) is 5.92 Å². The molecule has 0 spiro atoms. The summed E-state index contributed by atoms with van der Waals surface area (Å²) in [5.74, 6) is 1.67. The first kappa shape index (κ1) is 12.9. The molecule has 2 aromatic rings. The third kappa shape index (κ3) is 2.74. The maximum atomic E-state index is 5.39. The smallest absolute Gasteiger partial charge is 0.127 e. The number of aromatic nitrogens is 1. The number of nitrogens with zero attached hydrogens (tertiary/aromatic N) is 1. The van der Waals surface area contributed by atoms with E-state index in [4.69, 9.17) is 9.40 Å². The van der Waals surface area contributed by atoms with Gasteiger partial charge in [0.25, 0.3) is 0 Å². The zero-order chi connectivity index (χ0) is 13.2. The van der Waals surface area contributed by atoms with Crippen molar-refractivity contribution in [3.05, 3.63) is 28.7 Å². The molecule has 0 aromatic carbocycles. The molecule has 1 saturated carbocycles. The van der Waals surface area contributed by atoms with Crippen LogP contribution in [0.5, 0.6) is 0 Å². The minimum atomic E-state index is 0.704. The Balaban J connectivity index is 1.86. The van der Waals surface area contributed by atoms with Crippen LogP contribution in [0.1, 0.15) is 48.4 Å². The Morgan fingerprint density at radius 2 is 2.32 bits per heavy atom. The van der Waals surface area contributed by atoms with Crippen LogP contribution in [-0.2, 0) is 6.54 Å². The molecule has 102 valence electrons. The van der Waals surface area contributed by atoms with E-state index < -0.39 is 0 Å². The molecule has 1 aliphatic rings. The first-order valence-corrected chi connectivity index (χ1v) is 7.86. The van der Waals surface area contributed by atoms with Gasteiger partial charge in [-0.2, -0.15) is 0 Å². The molecule has 19 heavy (non-hydrogen) atoms. The lowest BCUT2D eigenvalue weighted by Crippen LogP contribution is -2.13. The molecular formula is C15H20N2OS. The number of furan rings is 1. The summed E-state index contributed by atoms with van der Waals surface area (Å²) in [5, 5.41) is 4.61. The fraction of sp³-hybridized carbons (Fsp3) is 0.533. The van der Waals surface area contributed by atoms with Gasteiger partial charge in [-0.05, 0) is 38.8 Å². The van der Waals surface area contributed by atoms with Crippen molar-refractivity contribution in [3.63, 3.8) is 0 Å². The molecule has 4 heteroatoms. The molecule has 0 bridgehead atoms. The number of hydrogen-bond donors (Lipinski definition) is 1. The van der Waals surface area contributed by atoms with Crippen molar-refractivity contribution >= 4 is 11.3 Å². The average molecular weight is 276 g/mol. The zero-order valence-electron chi connectivity index (χ0n) is 11.5. The van der Waals surface area contributed by atoms with E-state index in [1.54, 1.807) is 6.26 Å². The van der Waals surface area contributed by atoms with E-state index in [0.717, 1.165) is 29.4 Å². The standard InChI is InChI=1S/C15H20N2OS/c1-3-7-16-9-13-14(11-4-5-11)17-15(19-13)12-6-8-18-10(12)2/h6,8,11,16H,3-5,7,9H2,1-2H3. The highest BCUT2D eigenvalue weighted by Crippen LogP contribution is 2.44. The second-order valence-electron chi connectivity index (χ2n) is 5.17. The van der Waals surface area contributed by atoms with E-state index in [9.17, 15) is 0 Å². The molecule has 0 unspecified atom stereocenters. The molecule has 3 rings (SSSR count). The fourth-order valence-corrected chi connectivity index (χ4v) is 3.46. The number of aryl methyl sites for hydroxylation is 1.